The number of anilines is 2. The summed E-state index contributed by atoms with van der Waals surface area (Å²) in [5.74, 6) is 1.37. The largest absolute Gasteiger partial charge is 0.465 e. The van der Waals surface area contributed by atoms with Crippen LogP contribution < -0.4 is 15.5 Å². The minimum Gasteiger partial charge on any atom is -0.465 e. The van der Waals surface area contributed by atoms with Crippen LogP contribution in [0.25, 0.3) is 11.4 Å². The Morgan fingerprint density at radius 2 is 1.89 bits per heavy atom. The molecule has 194 valence electrons. The molecule has 0 radical (unpaired) electrons. The molecule has 0 aliphatic carbocycles. The van der Waals surface area contributed by atoms with Crippen LogP contribution in [0.3, 0.4) is 0 Å². The maximum atomic E-state index is 12.2. The second-order valence-electron chi connectivity index (χ2n) is 10.4. The topological polar surface area (TPSA) is 120 Å². The number of hydrogen-bond acceptors (Lipinski definition) is 6. The first-order valence-corrected chi connectivity index (χ1v) is 12.5. The van der Waals surface area contributed by atoms with Crippen LogP contribution in [0.1, 0.15) is 51.9 Å². The summed E-state index contributed by atoms with van der Waals surface area (Å²) in [6.45, 7) is 12.9. The monoisotopic (exact) mass is 496 g/mol. The molecule has 4 rings (SSSR count). The number of morpholine rings is 1. The SMILES string of the molecule is CCNC(=O)Nc1ccc(-c2nc3c(c(N4CCOCC4C)n2)C(C(C)(C)C)N(C(=O)O)CC3)cc1. The van der Waals surface area contributed by atoms with Crippen molar-refractivity contribution in [2.45, 2.75) is 53.1 Å². The van der Waals surface area contributed by atoms with Gasteiger partial charge in [0.1, 0.15) is 5.82 Å². The Morgan fingerprint density at radius 1 is 1.17 bits per heavy atom. The van der Waals surface area contributed by atoms with E-state index < -0.39 is 6.09 Å². The number of amides is 3. The first-order chi connectivity index (χ1) is 17.1. The predicted molar refractivity (Wildman–Crippen MR) is 138 cm³/mol. The number of urea groups is 1. The van der Waals surface area contributed by atoms with Gasteiger partial charge in [0.05, 0.1) is 31.0 Å². The molecule has 0 bridgehead atoms. The third-order valence-corrected chi connectivity index (χ3v) is 6.62. The van der Waals surface area contributed by atoms with Gasteiger partial charge < -0.3 is 30.3 Å². The third-order valence-electron chi connectivity index (χ3n) is 6.62. The molecule has 1 aromatic heterocycles. The molecule has 2 aliphatic rings. The van der Waals surface area contributed by atoms with E-state index in [0.717, 1.165) is 22.6 Å². The molecule has 2 unspecified atom stereocenters. The molecule has 0 saturated carbocycles. The number of benzene rings is 1. The summed E-state index contributed by atoms with van der Waals surface area (Å²) in [6.07, 6.45) is -0.410. The number of carboxylic acid groups (broad SMARTS) is 1. The minimum atomic E-state index is -0.930. The molecule has 2 atom stereocenters. The summed E-state index contributed by atoms with van der Waals surface area (Å²) in [6, 6.07) is 6.90. The van der Waals surface area contributed by atoms with Crippen molar-refractivity contribution in [3.63, 3.8) is 0 Å². The van der Waals surface area contributed by atoms with Crippen LogP contribution in [0.2, 0.25) is 0 Å². The Bertz CT molecular complexity index is 1110. The van der Waals surface area contributed by atoms with Crippen LogP contribution in [0.5, 0.6) is 0 Å². The molecule has 10 nitrogen and oxygen atoms in total. The van der Waals surface area contributed by atoms with Gasteiger partial charge in [-0.15, -0.1) is 0 Å². The average Bonchev–Trinajstić information content (AvgIpc) is 2.83. The van der Waals surface area contributed by atoms with Gasteiger partial charge in [-0.05, 0) is 43.5 Å². The van der Waals surface area contributed by atoms with E-state index in [2.05, 4.69) is 43.2 Å². The van der Waals surface area contributed by atoms with Gasteiger partial charge >= 0.3 is 12.1 Å². The van der Waals surface area contributed by atoms with Crippen molar-refractivity contribution in [3.05, 3.63) is 35.5 Å². The lowest BCUT2D eigenvalue weighted by molar-refractivity contribution is 0.0739. The maximum absolute atomic E-state index is 12.2. The smallest absolute Gasteiger partial charge is 0.407 e. The van der Waals surface area contributed by atoms with Gasteiger partial charge in [-0.25, -0.2) is 19.6 Å². The van der Waals surface area contributed by atoms with E-state index in [1.54, 1.807) is 0 Å². The fraction of sp³-hybridized carbons (Fsp3) is 0.538. The highest BCUT2D eigenvalue weighted by molar-refractivity contribution is 5.89. The highest BCUT2D eigenvalue weighted by Crippen LogP contribution is 2.46. The standard InChI is InChI=1S/C26H36N6O4/c1-6-27-24(33)28-18-9-7-17(8-10-18)22-29-19-11-12-32(25(34)35)21(26(3,4)5)20(19)23(30-22)31-13-14-36-15-16(31)2/h7-10,16,21H,6,11-15H2,1-5H3,(H,34,35)(H2,27,28,33). The summed E-state index contributed by atoms with van der Waals surface area (Å²) in [5, 5.41) is 15.5. The molecule has 3 heterocycles. The van der Waals surface area contributed by atoms with E-state index in [-0.39, 0.29) is 23.5 Å². The Kier molecular flexibility index (Phi) is 7.35. The molecule has 3 amide bonds. The lowest BCUT2D eigenvalue weighted by atomic mass is 9.78. The highest BCUT2D eigenvalue weighted by Gasteiger charge is 2.43. The van der Waals surface area contributed by atoms with Crippen molar-refractivity contribution in [2.24, 2.45) is 5.41 Å². The second kappa shape index (κ2) is 10.3. The van der Waals surface area contributed by atoms with E-state index in [1.165, 1.54) is 4.90 Å². The second-order valence-corrected chi connectivity index (χ2v) is 10.4. The molecule has 2 aromatic rings. The molecular weight excluding hydrogens is 460 g/mol. The van der Waals surface area contributed by atoms with Crippen LogP contribution in [-0.4, -0.2) is 71.0 Å². The number of ether oxygens (including phenoxy) is 1. The molecule has 1 fully saturated rings. The zero-order valence-electron chi connectivity index (χ0n) is 21.7. The molecule has 0 spiro atoms. The van der Waals surface area contributed by atoms with Gasteiger partial charge in [-0.3, -0.25) is 0 Å². The third kappa shape index (κ3) is 5.23. The van der Waals surface area contributed by atoms with Crippen LogP contribution in [0, 0.1) is 5.41 Å². The molecule has 36 heavy (non-hydrogen) atoms. The van der Waals surface area contributed by atoms with Crippen LogP contribution in [0.15, 0.2) is 24.3 Å². The Labute approximate surface area is 212 Å². The molecule has 3 N–H and O–H groups in total. The lowest BCUT2D eigenvalue weighted by Gasteiger charge is -2.45. The van der Waals surface area contributed by atoms with Crippen molar-refractivity contribution >= 4 is 23.6 Å². The summed E-state index contributed by atoms with van der Waals surface area (Å²) < 4.78 is 5.68. The molecule has 1 aromatic carbocycles. The first kappa shape index (κ1) is 25.7. The van der Waals surface area contributed by atoms with E-state index in [9.17, 15) is 14.7 Å². The number of aromatic nitrogens is 2. The lowest BCUT2D eigenvalue weighted by Crippen LogP contribution is -2.49. The van der Waals surface area contributed by atoms with Gasteiger partial charge in [0, 0.05) is 42.9 Å². The van der Waals surface area contributed by atoms with E-state index in [4.69, 9.17) is 14.7 Å². The fourth-order valence-corrected chi connectivity index (χ4v) is 5.02. The zero-order valence-corrected chi connectivity index (χ0v) is 21.7. The van der Waals surface area contributed by atoms with E-state index in [0.29, 0.717) is 50.8 Å². The average molecular weight is 497 g/mol. The van der Waals surface area contributed by atoms with Crippen LogP contribution >= 0.6 is 0 Å². The summed E-state index contributed by atoms with van der Waals surface area (Å²) in [4.78, 5) is 37.8. The van der Waals surface area contributed by atoms with Crippen molar-refractivity contribution in [3.8, 4) is 11.4 Å². The van der Waals surface area contributed by atoms with Crippen molar-refractivity contribution in [1.29, 1.82) is 0 Å². The highest BCUT2D eigenvalue weighted by atomic mass is 16.5. The Hall–Kier alpha value is -3.40. The number of nitrogens with one attached hydrogen (secondary N) is 2. The van der Waals surface area contributed by atoms with E-state index in [1.807, 2.05) is 31.2 Å². The Morgan fingerprint density at radius 3 is 2.50 bits per heavy atom. The number of nitrogens with zero attached hydrogens (tertiary/aromatic N) is 4. The molecular formula is C26H36N6O4. The van der Waals surface area contributed by atoms with Gasteiger partial charge in [0.25, 0.3) is 0 Å². The number of carbonyl (C=O) groups is 2. The number of rotatable bonds is 4. The fourth-order valence-electron chi connectivity index (χ4n) is 5.02. The number of hydrogen-bond donors (Lipinski definition) is 3. The molecule has 1 saturated heterocycles. The zero-order chi connectivity index (χ0) is 26.0. The summed E-state index contributed by atoms with van der Waals surface area (Å²) in [7, 11) is 0. The predicted octanol–water partition coefficient (Wildman–Crippen LogP) is 4.13. The van der Waals surface area contributed by atoms with Crippen molar-refractivity contribution < 1.29 is 19.4 Å². The van der Waals surface area contributed by atoms with E-state index >= 15 is 0 Å². The van der Waals surface area contributed by atoms with Crippen molar-refractivity contribution in [2.75, 3.05) is 43.1 Å². The van der Waals surface area contributed by atoms with Gasteiger partial charge in [-0.2, -0.15) is 0 Å². The van der Waals surface area contributed by atoms with Gasteiger partial charge in [0.2, 0.25) is 0 Å². The van der Waals surface area contributed by atoms with Gasteiger partial charge in [0.15, 0.2) is 5.82 Å². The van der Waals surface area contributed by atoms with Gasteiger partial charge in [-0.1, -0.05) is 20.8 Å². The maximum Gasteiger partial charge on any atom is 0.407 e. The quantitative estimate of drug-likeness (QED) is 0.582. The Balaban J connectivity index is 1.81. The molecule has 2 aliphatic heterocycles. The molecule has 10 heteroatoms. The summed E-state index contributed by atoms with van der Waals surface area (Å²) >= 11 is 0. The summed E-state index contributed by atoms with van der Waals surface area (Å²) in [5.41, 5.74) is 2.93. The normalized spacial score (nSPS) is 20.0. The number of carbonyl (C=O) groups excluding carboxylic acids is 1. The first-order valence-electron chi connectivity index (χ1n) is 12.5. The van der Waals surface area contributed by atoms with Crippen molar-refractivity contribution in [1.82, 2.24) is 20.2 Å². The van der Waals surface area contributed by atoms with Crippen LogP contribution in [0.4, 0.5) is 21.1 Å². The minimum absolute atomic E-state index is 0.0927. The number of fused-ring (bicyclic) bond motifs is 1. The van der Waals surface area contributed by atoms with Crippen LogP contribution in [-0.2, 0) is 11.2 Å².